The Morgan fingerprint density at radius 1 is 0.542 bits per heavy atom. The predicted molar refractivity (Wildman–Crippen MR) is 96.8 cm³/mol. The van der Waals surface area contributed by atoms with E-state index in [2.05, 4.69) is 30.3 Å². The summed E-state index contributed by atoms with van der Waals surface area (Å²) >= 11 is 0. The Kier molecular flexibility index (Phi) is 2.81. The van der Waals surface area contributed by atoms with Crippen molar-refractivity contribution in [2.75, 3.05) is 0 Å². The molecule has 0 bridgehead atoms. The largest absolute Gasteiger partial charge is 0.385 e. The summed E-state index contributed by atoms with van der Waals surface area (Å²) in [5.41, 5.74) is 3.59. The van der Waals surface area contributed by atoms with E-state index in [4.69, 9.17) is 0 Å². The first-order valence-electron chi connectivity index (χ1n) is 8.15. The molecule has 0 aromatic heterocycles. The van der Waals surface area contributed by atoms with Gasteiger partial charge in [-0.25, -0.2) is 0 Å². The summed E-state index contributed by atoms with van der Waals surface area (Å²) in [6, 6.07) is 24.5. The third-order valence-corrected chi connectivity index (χ3v) is 5.10. The van der Waals surface area contributed by atoms with Crippen molar-refractivity contribution in [3.05, 3.63) is 83.9 Å². The van der Waals surface area contributed by atoms with E-state index in [9.17, 15) is 10.2 Å². The third-order valence-electron chi connectivity index (χ3n) is 5.10. The molecule has 0 heterocycles. The molecule has 0 radical (unpaired) electrons. The van der Waals surface area contributed by atoms with Crippen molar-refractivity contribution in [3.8, 4) is 11.1 Å². The van der Waals surface area contributed by atoms with Crippen LogP contribution in [0.5, 0.6) is 0 Å². The Bertz CT molecular complexity index is 1100. The Hall–Kier alpha value is -2.68. The maximum Gasteiger partial charge on any atom is 0.110 e. The molecule has 0 fully saturated rings. The van der Waals surface area contributed by atoms with E-state index in [0.29, 0.717) is 0 Å². The van der Waals surface area contributed by atoms with Gasteiger partial charge in [-0.15, -0.1) is 0 Å². The van der Waals surface area contributed by atoms with Gasteiger partial charge in [-0.05, 0) is 55.9 Å². The zero-order chi connectivity index (χ0) is 16.3. The maximum absolute atomic E-state index is 10.6. The summed E-state index contributed by atoms with van der Waals surface area (Å²) in [5, 5.41) is 25.7. The molecule has 5 rings (SSSR count). The molecule has 24 heavy (non-hydrogen) atoms. The van der Waals surface area contributed by atoms with Gasteiger partial charge >= 0.3 is 0 Å². The van der Waals surface area contributed by atoms with E-state index in [1.165, 1.54) is 16.2 Å². The summed E-state index contributed by atoms with van der Waals surface area (Å²) in [6.07, 6.45) is -1.78. The lowest BCUT2D eigenvalue weighted by atomic mass is 9.80. The average molecular weight is 312 g/mol. The fourth-order valence-electron chi connectivity index (χ4n) is 3.89. The number of rotatable bonds is 0. The Labute approximate surface area is 139 Å². The number of aliphatic hydroxyl groups excluding tert-OH is 2. The molecule has 116 valence electrons. The van der Waals surface area contributed by atoms with E-state index in [-0.39, 0.29) is 0 Å². The molecule has 0 saturated carbocycles. The zero-order valence-electron chi connectivity index (χ0n) is 13.0. The molecule has 2 N–H and O–H groups in total. The third kappa shape index (κ3) is 1.78. The molecule has 1 aliphatic rings. The number of hydrogen-bond acceptors (Lipinski definition) is 2. The molecule has 0 unspecified atom stereocenters. The van der Waals surface area contributed by atoms with Crippen LogP contribution >= 0.6 is 0 Å². The lowest BCUT2D eigenvalue weighted by Gasteiger charge is -2.29. The minimum atomic E-state index is -0.897. The average Bonchev–Trinajstić information content (AvgIpc) is 2.65. The number of aliphatic hydroxyl groups is 2. The van der Waals surface area contributed by atoms with Crippen LogP contribution in [0.15, 0.2) is 72.8 Å². The fourth-order valence-corrected chi connectivity index (χ4v) is 3.89. The van der Waals surface area contributed by atoms with Crippen molar-refractivity contribution in [3.63, 3.8) is 0 Å². The summed E-state index contributed by atoms with van der Waals surface area (Å²) in [4.78, 5) is 0. The molecule has 2 atom stereocenters. The predicted octanol–water partition coefficient (Wildman–Crippen LogP) is 4.74. The second-order valence-corrected chi connectivity index (χ2v) is 6.42. The van der Waals surface area contributed by atoms with Crippen LogP contribution in [0.1, 0.15) is 23.3 Å². The molecule has 0 amide bonds. The molecule has 4 aromatic carbocycles. The zero-order valence-corrected chi connectivity index (χ0v) is 13.0. The summed E-state index contributed by atoms with van der Waals surface area (Å²) in [7, 11) is 0. The Morgan fingerprint density at radius 3 is 2.17 bits per heavy atom. The minimum Gasteiger partial charge on any atom is -0.385 e. The maximum atomic E-state index is 10.6. The van der Waals surface area contributed by atoms with Crippen molar-refractivity contribution < 1.29 is 10.2 Å². The van der Waals surface area contributed by atoms with Crippen LogP contribution in [0.2, 0.25) is 0 Å². The molecular formula is C22H16O2. The number of hydrogen-bond donors (Lipinski definition) is 2. The molecule has 0 saturated heterocycles. The van der Waals surface area contributed by atoms with Gasteiger partial charge in [0.1, 0.15) is 12.2 Å². The van der Waals surface area contributed by atoms with Crippen LogP contribution < -0.4 is 0 Å². The van der Waals surface area contributed by atoms with Crippen molar-refractivity contribution in [2.45, 2.75) is 12.2 Å². The van der Waals surface area contributed by atoms with Gasteiger partial charge in [0.25, 0.3) is 0 Å². The van der Waals surface area contributed by atoms with E-state index in [0.717, 1.165) is 27.6 Å². The number of fused-ring (bicyclic) bond motifs is 6. The highest BCUT2D eigenvalue weighted by Crippen LogP contribution is 2.46. The smallest absolute Gasteiger partial charge is 0.110 e. The van der Waals surface area contributed by atoms with Gasteiger partial charge in [0.05, 0.1) is 0 Å². The van der Waals surface area contributed by atoms with Crippen molar-refractivity contribution in [1.29, 1.82) is 0 Å². The van der Waals surface area contributed by atoms with Crippen LogP contribution in [-0.4, -0.2) is 10.2 Å². The van der Waals surface area contributed by atoms with Gasteiger partial charge in [-0.2, -0.15) is 0 Å². The molecule has 0 spiro atoms. The van der Waals surface area contributed by atoms with Crippen LogP contribution in [0.4, 0.5) is 0 Å². The van der Waals surface area contributed by atoms with Crippen molar-refractivity contribution in [1.82, 2.24) is 0 Å². The molecule has 2 heteroatoms. The second kappa shape index (κ2) is 4.91. The molecule has 1 aliphatic carbocycles. The summed E-state index contributed by atoms with van der Waals surface area (Å²) < 4.78 is 0. The highest BCUT2D eigenvalue weighted by Gasteiger charge is 2.31. The van der Waals surface area contributed by atoms with Crippen LogP contribution in [0.3, 0.4) is 0 Å². The van der Waals surface area contributed by atoms with Gasteiger partial charge in [0.2, 0.25) is 0 Å². The Balaban J connectivity index is 1.92. The first kappa shape index (κ1) is 13.7. The van der Waals surface area contributed by atoms with E-state index in [1.807, 2.05) is 42.5 Å². The normalized spacial score (nSPS) is 19.2. The van der Waals surface area contributed by atoms with Crippen LogP contribution in [-0.2, 0) is 0 Å². The summed E-state index contributed by atoms with van der Waals surface area (Å²) in [5.74, 6) is 0. The van der Waals surface area contributed by atoms with Crippen molar-refractivity contribution in [2.24, 2.45) is 0 Å². The summed E-state index contributed by atoms with van der Waals surface area (Å²) in [6.45, 7) is 0. The van der Waals surface area contributed by atoms with E-state index >= 15 is 0 Å². The van der Waals surface area contributed by atoms with Crippen molar-refractivity contribution >= 4 is 21.5 Å². The van der Waals surface area contributed by atoms with Crippen LogP contribution in [0.25, 0.3) is 32.7 Å². The van der Waals surface area contributed by atoms with E-state index < -0.39 is 12.2 Å². The monoisotopic (exact) mass is 312 g/mol. The highest BCUT2D eigenvalue weighted by molar-refractivity contribution is 6.09. The van der Waals surface area contributed by atoms with Gasteiger partial charge in [0.15, 0.2) is 0 Å². The molecular weight excluding hydrogens is 296 g/mol. The lowest BCUT2D eigenvalue weighted by molar-refractivity contribution is 0.0159. The highest BCUT2D eigenvalue weighted by atomic mass is 16.3. The second-order valence-electron chi connectivity index (χ2n) is 6.42. The molecule has 4 aromatic rings. The van der Waals surface area contributed by atoms with Gasteiger partial charge < -0.3 is 10.2 Å². The molecule has 2 nitrogen and oxygen atoms in total. The fraction of sp³-hybridized carbons (Fsp3) is 0.0909. The quantitative estimate of drug-likeness (QED) is 0.460. The Morgan fingerprint density at radius 2 is 1.25 bits per heavy atom. The van der Waals surface area contributed by atoms with Gasteiger partial charge in [-0.3, -0.25) is 0 Å². The SMILES string of the molecule is O[C@@H]1c2ccccc2-c2cc3c(ccc4ccccc43)cc2[C@@H]1O. The van der Waals surface area contributed by atoms with E-state index in [1.54, 1.807) is 0 Å². The molecule has 0 aliphatic heterocycles. The standard InChI is InChI=1S/C22H16O2/c23-21-17-8-4-3-7-16(17)19-12-18-14(11-20(19)22(21)24)10-9-13-5-1-2-6-15(13)18/h1-12,21-24H/t21-,22+/m1/s1. The first-order valence-corrected chi connectivity index (χ1v) is 8.15. The van der Waals surface area contributed by atoms with Gasteiger partial charge in [0, 0.05) is 0 Å². The first-order chi connectivity index (χ1) is 11.7. The van der Waals surface area contributed by atoms with Crippen LogP contribution in [0, 0.1) is 0 Å². The lowest BCUT2D eigenvalue weighted by Crippen LogP contribution is -2.17. The number of benzene rings is 4. The van der Waals surface area contributed by atoms with Gasteiger partial charge in [-0.1, -0.05) is 60.7 Å². The topological polar surface area (TPSA) is 40.5 Å². The minimum absolute atomic E-state index is 0.789.